The molecule has 0 aliphatic rings. The van der Waals surface area contributed by atoms with Crippen molar-refractivity contribution in [3.63, 3.8) is 0 Å². The average molecular weight is 382 g/mol. The number of hydrogen-bond donors (Lipinski definition) is 3. The van der Waals surface area contributed by atoms with E-state index in [1.807, 2.05) is 0 Å². The molecule has 0 aromatic heterocycles. The Morgan fingerprint density at radius 1 is 0.920 bits per heavy atom. The van der Waals surface area contributed by atoms with Gasteiger partial charge >= 0.3 is 0 Å². The zero-order chi connectivity index (χ0) is 18.3. The van der Waals surface area contributed by atoms with Crippen molar-refractivity contribution in [1.82, 2.24) is 15.6 Å². The van der Waals surface area contributed by atoms with E-state index < -0.39 is 21.8 Å². The molecule has 3 N–H and O–H groups in total. The molecular formula is C16H16ClN3O4S. The van der Waals surface area contributed by atoms with Gasteiger partial charge in [-0.3, -0.25) is 20.4 Å². The van der Waals surface area contributed by atoms with Gasteiger partial charge in [0.2, 0.25) is 15.9 Å². The van der Waals surface area contributed by atoms with Crippen molar-refractivity contribution in [1.29, 1.82) is 0 Å². The van der Waals surface area contributed by atoms with Gasteiger partial charge in [-0.15, -0.1) is 0 Å². The van der Waals surface area contributed by atoms with Crippen molar-refractivity contribution in [2.75, 3.05) is 6.54 Å². The third-order valence-electron chi connectivity index (χ3n) is 3.13. The second-order valence-electron chi connectivity index (χ2n) is 4.94. The summed E-state index contributed by atoms with van der Waals surface area (Å²) < 4.78 is 26.3. The van der Waals surface area contributed by atoms with Crippen LogP contribution in [-0.2, 0) is 14.8 Å². The molecule has 0 heterocycles. The van der Waals surface area contributed by atoms with Crippen molar-refractivity contribution in [2.45, 2.75) is 11.3 Å². The minimum atomic E-state index is -3.67. The van der Waals surface area contributed by atoms with E-state index in [9.17, 15) is 18.0 Å². The third kappa shape index (κ3) is 5.56. The van der Waals surface area contributed by atoms with Gasteiger partial charge in [0.05, 0.1) is 15.5 Å². The highest BCUT2D eigenvalue weighted by Crippen LogP contribution is 2.14. The molecule has 0 saturated carbocycles. The van der Waals surface area contributed by atoms with E-state index in [0.29, 0.717) is 0 Å². The summed E-state index contributed by atoms with van der Waals surface area (Å²) in [6, 6.07) is 14.2. The zero-order valence-electron chi connectivity index (χ0n) is 13.0. The highest BCUT2D eigenvalue weighted by Gasteiger charge is 2.14. The molecule has 25 heavy (non-hydrogen) atoms. The highest BCUT2D eigenvalue weighted by atomic mass is 35.5. The van der Waals surface area contributed by atoms with Crippen LogP contribution in [0.1, 0.15) is 16.8 Å². The van der Waals surface area contributed by atoms with Crippen LogP contribution in [0.3, 0.4) is 0 Å². The fraction of sp³-hybridized carbons (Fsp3) is 0.125. The van der Waals surface area contributed by atoms with Gasteiger partial charge in [-0.05, 0) is 24.3 Å². The second kappa shape index (κ2) is 8.61. The van der Waals surface area contributed by atoms with E-state index in [0.717, 1.165) is 0 Å². The Bertz CT molecular complexity index is 857. The maximum atomic E-state index is 12.0. The Balaban J connectivity index is 1.78. The number of halogens is 1. The Morgan fingerprint density at radius 3 is 2.24 bits per heavy atom. The Morgan fingerprint density at radius 2 is 1.56 bits per heavy atom. The quantitative estimate of drug-likeness (QED) is 0.659. The summed E-state index contributed by atoms with van der Waals surface area (Å²) in [5.74, 6) is -1.11. The van der Waals surface area contributed by atoms with Crippen LogP contribution in [-0.4, -0.2) is 26.8 Å². The van der Waals surface area contributed by atoms with Crippen LogP contribution < -0.4 is 15.6 Å². The number of nitrogens with one attached hydrogen (secondary N) is 3. The van der Waals surface area contributed by atoms with Crippen molar-refractivity contribution in [3.8, 4) is 0 Å². The van der Waals surface area contributed by atoms with Gasteiger partial charge in [-0.1, -0.05) is 41.9 Å². The van der Waals surface area contributed by atoms with Crippen molar-refractivity contribution < 1.29 is 18.0 Å². The van der Waals surface area contributed by atoms with Crippen LogP contribution in [0.25, 0.3) is 0 Å². The lowest BCUT2D eigenvalue weighted by Gasteiger charge is -2.09. The third-order valence-corrected chi connectivity index (χ3v) is 4.94. The van der Waals surface area contributed by atoms with E-state index in [1.165, 1.54) is 18.2 Å². The van der Waals surface area contributed by atoms with Crippen molar-refractivity contribution >= 4 is 33.4 Å². The predicted octanol–water partition coefficient (Wildman–Crippen LogP) is 1.47. The summed E-state index contributed by atoms with van der Waals surface area (Å²) in [6.07, 6.45) is -0.144. The van der Waals surface area contributed by atoms with E-state index in [4.69, 9.17) is 11.6 Å². The molecule has 2 aromatic carbocycles. The Kier molecular flexibility index (Phi) is 6.51. The van der Waals surface area contributed by atoms with Crippen molar-refractivity contribution in [3.05, 3.63) is 65.2 Å². The normalized spacial score (nSPS) is 10.9. The first-order valence-electron chi connectivity index (χ1n) is 7.28. The molecule has 0 fully saturated rings. The van der Waals surface area contributed by atoms with Gasteiger partial charge in [0, 0.05) is 13.0 Å². The number of amides is 2. The van der Waals surface area contributed by atoms with Crippen LogP contribution in [0.2, 0.25) is 5.02 Å². The van der Waals surface area contributed by atoms with Crippen LogP contribution in [0.15, 0.2) is 59.5 Å². The Labute approximate surface area is 150 Å². The number of hydrazine groups is 1. The molecule has 9 heteroatoms. The fourth-order valence-electron chi connectivity index (χ4n) is 1.88. The van der Waals surface area contributed by atoms with Crippen LogP contribution in [0.4, 0.5) is 0 Å². The predicted molar refractivity (Wildman–Crippen MR) is 93.3 cm³/mol. The van der Waals surface area contributed by atoms with Gasteiger partial charge < -0.3 is 0 Å². The monoisotopic (exact) mass is 381 g/mol. The molecule has 0 atom stereocenters. The Hall–Kier alpha value is -2.42. The number of carbonyl (C=O) groups is 2. The molecular weight excluding hydrogens is 366 g/mol. The smallest absolute Gasteiger partial charge is 0.271 e. The maximum Gasteiger partial charge on any atom is 0.271 e. The summed E-state index contributed by atoms with van der Waals surface area (Å²) in [4.78, 5) is 23.7. The first kappa shape index (κ1) is 18.9. The van der Waals surface area contributed by atoms with Gasteiger partial charge in [0.15, 0.2) is 0 Å². The van der Waals surface area contributed by atoms with Gasteiger partial charge in [0.1, 0.15) is 0 Å². The van der Waals surface area contributed by atoms with Crippen LogP contribution in [0.5, 0.6) is 0 Å². The largest absolute Gasteiger partial charge is 0.273 e. The molecule has 0 radical (unpaired) electrons. The fourth-order valence-corrected chi connectivity index (χ4v) is 3.16. The second-order valence-corrected chi connectivity index (χ2v) is 7.12. The van der Waals surface area contributed by atoms with Gasteiger partial charge in [-0.2, -0.15) is 0 Å². The van der Waals surface area contributed by atoms with Crippen molar-refractivity contribution in [2.24, 2.45) is 0 Å². The molecule has 0 aliphatic carbocycles. The van der Waals surface area contributed by atoms with E-state index in [1.54, 1.807) is 36.4 Å². The van der Waals surface area contributed by atoms with Crippen LogP contribution >= 0.6 is 11.6 Å². The molecule has 0 saturated heterocycles. The number of rotatable bonds is 6. The minimum absolute atomic E-state index is 0.106. The van der Waals surface area contributed by atoms with E-state index in [2.05, 4.69) is 15.6 Å². The summed E-state index contributed by atoms with van der Waals surface area (Å²) >= 11 is 5.88. The minimum Gasteiger partial charge on any atom is -0.273 e. The lowest BCUT2D eigenvalue weighted by Crippen LogP contribution is -2.42. The molecule has 0 bridgehead atoms. The lowest BCUT2D eigenvalue weighted by molar-refractivity contribution is -0.121. The number of benzene rings is 2. The van der Waals surface area contributed by atoms with E-state index in [-0.39, 0.29) is 28.4 Å². The number of hydrogen-bond acceptors (Lipinski definition) is 4. The zero-order valence-corrected chi connectivity index (χ0v) is 14.6. The number of carbonyl (C=O) groups excluding carboxylic acids is 2. The highest BCUT2D eigenvalue weighted by molar-refractivity contribution is 7.89. The maximum absolute atomic E-state index is 12.0. The average Bonchev–Trinajstić information content (AvgIpc) is 2.60. The molecule has 7 nitrogen and oxygen atoms in total. The molecule has 2 aromatic rings. The van der Waals surface area contributed by atoms with Gasteiger partial charge in [-0.25, -0.2) is 13.1 Å². The summed E-state index contributed by atoms with van der Waals surface area (Å²) in [5.41, 5.74) is 4.64. The SMILES string of the molecule is O=C(CCNS(=O)(=O)c1ccccc1)NNC(=O)c1ccccc1Cl. The standard InChI is InChI=1S/C16H16ClN3O4S/c17-14-9-5-4-8-13(14)16(22)20-19-15(21)10-11-18-25(23,24)12-6-2-1-3-7-12/h1-9,18H,10-11H2,(H,19,21)(H,20,22). The topological polar surface area (TPSA) is 104 Å². The van der Waals surface area contributed by atoms with E-state index >= 15 is 0 Å². The first-order chi connectivity index (χ1) is 11.9. The first-order valence-corrected chi connectivity index (χ1v) is 9.15. The van der Waals surface area contributed by atoms with Crippen LogP contribution in [0, 0.1) is 0 Å². The summed E-state index contributed by atoms with van der Waals surface area (Å²) in [7, 11) is -3.67. The molecule has 2 amide bonds. The van der Waals surface area contributed by atoms with Gasteiger partial charge in [0.25, 0.3) is 5.91 Å². The number of sulfonamides is 1. The summed E-state index contributed by atoms with van der Waals surface area (Å²) in [5, 5.41) is 0.255. The molecule has 132 valence electrons. The molecule has 0 aliphatic heterocycles. The molecule has 0 spiro atoms. The molecule has 0 unspecified atom stereocenters. The lowest BCUT2D eigenvalue weighted by atomic mass is 10.2. The summed E-state index contributed by atoms with van der Waals surface area (Å²) in [6.45, 7) is -0.106. The molecule has 2 rings (SSSR count).